The standard InChI is InChI=1S/C30H32N2O5/c1-33-26-9-3-23(4-10-26)15-16-30(21-32-18-17-31-22-32)36-20-29(37-30)19-35-28-13-7-25(8-14-28)24-5-11-27(34-2)12-6-24/h3-14,17-18,22,29H,15-16,19-21H2,1-2H3. The summed E-state index contributed by atoms with van der Waals surface area (Å²) >= 11 is 0. The Labute approximate surface area is 217 Å². The third kappa shape index (κ3) is 6.31. The number of hydrogen-bond acceptors (Lipinski definition) is 6. The molecule has 2 atom stereocenters. The SMILES string of the molecule is COc1ccc(CCC2(Cn3ccnc3)OCC(COc3ccc(-c4ccc(OC)cc4)cc3)O2)cc1. The molecule has 1 aliphatic rings. The van der Waals surface area contributed by atoms with Gasteiger partial charge in [0, 0.05) is 18.8 Å². The zero-order chi connectivity index (χ0) is 25.5. The molecule has 0 bridgehead atoms. The molecule has 0 spiro atoms. The van der Waals surface area contributed by atoms with E-state index < -0.39 is 5.79 Å². The van der Waals surface area contributed by atoms with Crippen LogP contribution >= 0.6 is 0 Å². The van der Waals surface area contributed by atoms with Gasteiger partial charge in [0.1, 0.15) is 30.0 Å². The highest BCUT2D eigenvalue weighted by Gasteiger charge is 2.42. The molecule has 0 aliphatic carbocycles. The summed E-state index contributed by atoms with van der Waals surface area (Å²) in [5.74, 6) is 1.74. The molecular weight excluding hydrogens is 468 g/mol. The van der Waals surface area contributed by atoms with Gasteiger partial charge in [-0.05, 0) is 59.5 Å². The Morgan fingerprint density at radius 1 is 0.865 bits per heavy atom. The second kappa shape index (κ2) is 11.5. The monoisotopic (exact) mass is 500 g/mol. The molecule has 0 saturated carbocycles. The highest BCUT2D eigenvalue weighted by molar-refractivity contribution is 5.64. The molecule has 7 nitrogen and oxygen atoms in total. The Morgan fingerprint density at radius 3 is 2.08 bits per heavy atom. The smallest absolute Gasteiger partial charge is 0.187 e. The maximum absolute atomic E-state index is 6.49. The lowest BCUT2D eigenvalue weighted by Crippen LogP contribution is -2.37. The van der Waals surface area contributed by atoms with Gasteiger partial charge in [-0.1, -0.05) is 36.4 Å². The molecule has 1 saturated heterocycles. The number of aryl methyl sites for hydroxylation is 1. The third-order valence-electron chi connectivity index (χ3n) is 6.56. The van der Waals surface area contributed by atoms with Crippen LogP contribution in [0.15, 0.2) is 91.5 Å². The molecule has 0 amide bonds. The fourth-order valence-electron chi connectivity index (χ4n) is 4.49. The summed E-state index contributed by atoms with van der Waals surface area (Å²) in [5.41, 5.74) is 3.45. The summed E-state index contributed by atoms with van der Waals surface area (Å²) in [6.45, 7) is 1.45. The van der Waals surface area contributed by atoms with Crippen LogP contribution < -0.4 is 14.2 Å². The van der Waals surface area contributed by atoms with Crippen LogP contribution in [0.1, 0.15) is 12.0 Å². The summed E-state index contributed by atoms with van der Waals surface area (Å²) in [5, 5.41) is 0. The Morgan fingerprint density at radius 2 is 1.49 bits per heavy atom. The summed E-state index contributed by atoms with van der Waals surface area (Å²) in [7, 11) is 3.34. The topological polar surface area (TPSA) is 64.0 Å². The molecule has 1 aliphatic heterocycles. The fraction of sp³-hybridized carbons (Fsp3) is 0.300. The van der Waals surface area contributed by atoms with Crippen molar-refractivity contribution in [1.82, 2.24) is 9.55 Å². The number of aromatic nitrogens is 2. The zero-order valence-corrected chi connectivity index (χ0v) is 21.2. The third-order valence-corrected chi connectivity index (χ3v) is 6.56. The van der Waals surface area contributed by atoms with Gasteiger partial charge in [-0.25, -0.2) is 4.98 Å². The van der Waals surface area contributed by atoms with Gasteiger partial charge >= 0.3 is 0 Å². The molecule has 2 heterocycles. The molecular formula is C30H32N2O5. The van der Waals surface area contributed by atoms with Crippen LogP contribution in [-0.2, 0) is 22.4 Å². The molecule has 4 aromatic rings. The Hall–Kier alpha value is -3.81. The lowest BCUT2D eigenvalue weighted by molar-refractivity contribution is -0.184. The number of imidazole rings is 1. The minimum Gasteiger partial charge on any atom is -0.497 e. The first-order chi connectivity index (χ1) is 18.1. The summed E-state index contributed by atoms with van der Waals surface area (Å²) in [6, 6.07) is 24.2. The van der Waals surface area contributed by atoms with E-state index in [2.05, 4.69) is 29.2 Å². The number of hydrogen-bond donors (Lipinski definition) is 0. The minimum atomic E-state index is -0.743. The van der Waals surface area contributed by atoms with Crippen molar-refractivity contribution >= 4 is 0 Å². The van der Waals surface area contributed by atoms with Gasteiger partial charge in [-0.2, -0.15) is 0 Å². The van der Waals surface area contributed by atoms with Gasteiger partial charge in [-0.3, -0.25) is 0 Å². The van der Waals surface area contributed by atoms with Crippen LogP contribution in [0.2, 0.25) is 0 Å². The van der Waals surface area contributed by atoms with E-state index in [0.29, 0.717) is 26.2 Å². The molecule has 37 heavy (non-hydrogen) atoms. The molecule has 0 N–H and O–H groups in total. The van der Waals surface area contributed by atoms with Crippen molar-refractivity contribution in [2.24, 2.45) is 0 Å². The first-order valence-electron chi connectivity index (χ1n) is 12.4. The van der Waals surface area contributed by atoms with Gasteiger partial charge < -0.3 is 28.3 Å². The van der Waals surface area contributed by atoms with Crippen molar-refractivity contribution in [3.05, 3.63) is 97.1 Å². The van der Waals surface area contributed by atoms with E-state index in [1.54, 1.807) is 26.7 Å². The van der Waals surface area contributed by atoms with Crippen LogP contribution in [0.3, 0.4) is 0 Å². The Bertz CT molecular complexity index is 1240. The molecule has 5 rings (SSSR count). The minimum absolute atomic E-state index is 0.166. The normalized spacial score (nSPS) is 19.0. The molecule has 2 unspecified atom stereocenters. The molecule has 0 radical (unpaired) electrons. The predicted molar refractivity (Wildman–Crippen MR) is 141 cm³/mol. The van der Waals surface area contributed by atoms with Gasteiger partial charge in [0.15, 0.2) is 5.79 Å². The van der Waals surface area contributed by atoms with Crippen LogP contribution in [0.25, 0.3) is 11.1 Å². The summed E-state index contributed by atoms with van der Waals surface area (Å²) in [6.07, 6.45) is 6.85. The van der Waals surface area contributed by atoms with Crippen LogP contribution in [0.5, 0.6) is 17.2 Å². The first kappa shape index (κ1) is 24.9. The number of ether oxygens (including phenoxy) is 5. The maximum atomic E-state index is 6.49. The second-order valence-electron chi connectivity index (χ2n) is 9.11. The molecule has 7 heteroatoms. The van der Waals surface area contributed by atoms with E-state index in [9.17, 15) is 0 Å². The van der Waals surface area contributed by atoms with Gasteiger partial charge in [-0.15, -0.1) is 0 Å². The van der Waals surface area contributed by atoms with E-state index in [1.807, 2.05) is 59.3 Å². The van der Waals surface area contributed by atoms with Crippen molar-refractivity contribution in [1.29, 1.82) is 0 Å². The van der Waals surface area contributed by atoms with Crippen molar-refractivity contribution in [2.45, 2.75) is 31.3 Å². The van der Waals surface area contributed by atoms with Gasteiger partial charge in [0.2, 0.25) is 0 Å². The van der Waals surface area contributed by atoms with Crippen molar-refractivity contribution < 1.29 is 23.7 Å². The lowest BCUT2D eigenvalue weighted by Gasteiger charge is -2.28. The lowest BCUT2D eigenvalue weighted by atomic mass is 10.0. The Balaban J connectivity index is 1.19. The van der Waals surface area contributed by atoms with Crippen LogP contribution in [0.4, 0.5) is 0 Å². The van der Waals surface area contributed by atoms with Crippen molar-refractivity contribution in [3.8, 4) is 28.4 Å². The fourth-order valence-corrected chi connectivity index (χ4v) is 4.49. The number of rotatable bonds is 11. The van der Waals surface area contributed by atoms with E-state index in [1.165, 1.54) is 5.56 Å². The molecule has 192 valence electrons. The summed E-state index contributed by atoms with van der Waals surface area (Å²) < 4.78 is 31.4. The van der Waals surface area contributed by atoms with Crippen molar-refractivity contribution in [3.63, 3.8) is 0 Å². The summed E-state index contributed by atoms with van der Waals surface area (Å²) in [4.78, 5) is 4.17. The molecule has 1 fully saturated rings. The predicted octanol–water partition coefficient (Wildman–Crippen LogP) is 5.39. The van der Waals surface area contributed by atoms with Gasteiger partial charge in [0.25, 0.3) is 0 Å². The molecule has 1 aromatic heterocycles. The number of benzene rings is 3. The Kier molecular flexibility index (Phi) is 7.73. The average Bonchev–Trinajstić information content (AvgIpc) is 3.62. The van der Waals surface area contributed by atoms with E-state index in [-0.39, 0.29) is 6.10 Å². The number of nitrogens with zero attached hydrogens (tertiary/aromatic N) is 2. The molecule has 3 aromatic carbocycles. The van der Waals surface area contributed by atoms with E-state index >= 15 is 0 Å². The second-order valence-corrected chi connectivity index (χ2v) is 9.11. The van der Waals surface area contributed by atoms with Gasteiger partial charge in [0.05, 0.1) is 33.7 Å². The maximum Gasteiger partial charge on any atom is 0.187 e. The zero-order valence-electron chi connectivity index (χ0n) is 21.2. The van der Waals surface area contributed by atoms with E-state index in [4.69, 9.17) is 23.7 Å². The average molecular weight is 501 g/mol. The number of methoxy groups -OCH3 is 2. The quantitative estimate of drug-likeness (QED) is 0.275. The van der Waals surface area contributed by atoms with Crippen LogP contribution in [0, 0.1) is 0 Å². The first-order valence-corrected chi connectivity index (χ1v) is 12.4. The van der Waals surface area contributed by atoms with Crippen molar-refractivity contribution in [2.75, 3.05) is 27.4 Å². The highest BCUT2D eigenvalue weighted by atomic mass is 16.8. The largest absolute Gasteiger partial charge is 0.497 e. The van der Waals surface area contributed by atoms with E-state index in [0.717, 1.165) is 34.8 Å². The van der Waals surface area contributed by atoms with Crippen LogP contribution in [-0.4, -0.2) is 48.9 Å². The highest BCUT2D eigenvalue weighted by Crippen LogP contribution is 2.32.